The van der Waals surface area contributed by atoms with E-state index in [0.717, 1.165) is 15.6 Å². The Morgan fingerprint density at radius 2 is 1.79 bits per heavy atom. The van der Waals surface area contributed by atoms with E-state index in [1.807, 2.05) is 12.1 Å². The van der Waals surface area contributed by atoms with Crippen LogP contribution in [0.25, 0.3) is 0 Å². The molecule has 1 atom stereocenters. The van der Waals surface area contributed by atoms with Gasteiger partial charge in [0, 0.05) is 15.5 Å². The molecule has 2 aromatic carbocycles. The first-order valence-corrected chi connectivity index (χ1v) is 7.16. The lowest BCUT2D eigenvalue weighted by atomic mass is 9.99. The van der Waals surface area contributed by atoms with Crippen LogP contribution in [0.4, 0.5) is 4.39 Å². The quantitative estimate of drug-likeness (QED) is 0.803. The zero-order chi connectivity index (χ0) is 14.0. The summed E-state index contributed by atoms with van der Waals surface area (Å²) in [6.07, 6.45) is 0.490. The molecule has 0 radical (unpaired) electrons. The number of benzene rings is 2. The molecule has 2 aromatic rings. The van der Waals surface area contributed by atoms with Gasteiger partial charge in [-0.3, -0.25) is 0 Å². The van der Waals surface area contributed by atoms with Gasteiger partial charge in [-0.2, -0.15) is 0 Å². The molecule has 100 valence electrons. The molecule has 1 unspecified atom stereocenters. The minimum absolute atomic E-state index is 0.109. The molecule has 0 aromatic heterocycles. The lowest BCUT2D eigenvalue weighted by Crippen LogP contribution is -2.14. The summed E-state index contributed by atoms with van der Waals surface area (Å²) in [7, 11) is 0. The van der Waals surface area contributed by atoms with E-state index < -0.39 is 5.82 Å². The molecule has 0 aliphatic heterocycles. The molecule has 0 bridgehead atoms. The predicted molar refractivity (Wildman–Crippen MR) is 81.2 cm³/mol. The maximum Gasteiger partial charge on any atom is 0.142 e. The van der Waals surface area contributed by atoms with Crippen molar-refractivity contribution in [3.05, 3.63) is 67.9 Å². The second kappa shape index (κ2) is 6.23. The summed E-state index contributed by atoms with van der Waals surface area (Å²) in [4.78, 5) is 0. The average molecular weight is 363 g/mol. The van der Waals surface area contributed by atoms with Crippen LogP contribution in [0.5, 0.6) is 0 Å². The SMILES string of the molecule is NC(Cc1ccc(Cl)c(F)c1)c1cc(Br)ccc1Cl. The normalized spacial score (nSPS) is 12.5. The summed E-state index contributed by atoms with van der Waals surface area (Å²) in [6.45, 7) is 0. The first-order chi connectivity index (χ1) is 8.97. The van der Waals surface area contributed by atoms with E-state index in [1.165, 1.54) is 12.1 Å². The van der Waals surface area contributed by atoms with Crippen molar-refractivity contribution in [2.75, 3.05) is 0 Å². The van der Waals surface area contributed by atoms with Crippen molar-refractivity contribution in [1.29, 1.82) is 0 Å². The maximum absolute atomic E-state index is 13.4. The lowest BCUT2D eigenvalue weighted by Gasteiger charge is -2.14. The van der Waals surface area contributed by atoms with Gasteiger partial charge < -0.3 is 5.73 Å². The maximum atomic E-state index is 13.4. The fourth-order valence-corrected chi connectivity index (χ4v) is 2.58. The minimum Gasteiger partial charge on any atom is -0.324 e. The van der Waals surface area contributed by atoms with Crippen LogP contribution in [0.15, 0.2) is 40.9 Å². The Bertz CT molecular complexity index is 604. The van der Waals surface area contributed by atoms with Gasteiger partial charge in [-0.15, -0.1) is 0 Å². The molecule has 0 aliphatic rings. The van der Waals surface area contributed by atoms with Crippen molar-refractivity contribution in [2.24, 2.45) is 5.73 Å². The standard InChI is InChI=1S/C14H11BrCl2FN/c15-9-2-4-11(16)10(7-9)14(19)6-8-1-3-12(17)13(18)5-8/h1-5,7,14H,6,19H2. The van der Waals surface area contributed by atoms with Crippen LogP contribution < -0.4 is 5.73 Å². The zero-order valence-electron chi connectivity index (χ0n) is 9.84. The van der Waals surface area contributed by atoms with Crippen molar-refractivity contribution in [3.63, 3.8) is 0 Å². The third kappa shape index (κ3) is 3.69. The van der Waals surface area contributed by atoms with Gasteiger partial charge in [0.15, 0.2) is 0 Å². The van der Waals surface area contributed by atoms with E-state index in [-0.39, 0.29) is 11.1 Å². The van der Waals surface area contributed by atoms with Gasteiger partial charge in [0.2, 0.25) is 0 Å². The average Bonchev–Trinajstić information content (AvgIpc) is 2.36. The molecule has 0 amide bonds. The minimum atomic E-state index is -0.438. The first-order valence-electron chi connectivity index (χ1n) is 5.62. The fourth-order valence-electron chi connectivity index (χ4n) is 1.83. The van der Waals surface area contributed by atoms with Crippen molar-refractivity contribution >= 4 is 39.1 Å². The van der Waals surface area contributed by atoms with Gasteiger partial charge in [-0.05, 0) is 47.9 Å². The van der Waals surface area contributed by atoms with Crippen LogP contribution in [-0.4, -0.2) is 0 Å². The molecule has 0 saturated heterocycles. The fraction of sp³-hybridized carbons (Fsp3) is 0.143. The van der Waals surface area contributed by atoms with Crippen LogP contribution >= 0.6 is 39.1 Å². The Kier molecular flexibility index (Phi) is 4.85. The van der Waals surface area contributed by atoms with Crippen LogP contribution in [0.1, 0.15) is 17.2 Å². The highest BCUT2D eigenvalue weighted by Crippen LogP contribution is 2.28. The number of rotatable bonds is 3. The molecular weight excluding hydrogens is 352 g/mol. The Labute approximate surface area is 129 Å². The molecule has 19 heavy (non-hydrogen) atoms. The Morgan fingerprint density at radius 3 is 2.47 bits per heavy atom. The summed E-state index contributed by atoms with van der Waals surface area (Å²) >= 11 is 15.1. The number of hydrogen-bond acceptors (Lipinski definition) is 1. The highest BCUT2D eigenvalue weighted by Gasteiger charge is 2.12. The van der Waals surface area contributed by atoms with Gasteiger partial charge in [-0.25, -0.2) is 4.39 Å². The highest BCUT2D eigenvalue weighted by atomic mass is 79.9. The summed E-state index contributed by atoms with van der Waals surface area (Å²) in [5, 5.41) is 0.711. The molecule has 0 aliphatic carbocycles. The van der Waals surface area contributed by atoms with Gasteiger partial charge >= 0.3 is 0 Å². The van der Waals surface area contributed by atoms with Gasteiger partial charge in [0.05, 0.1) is 5.02 Å². The molecule has 1 nitrogen and oxygen atoms in total. The molecular formula is C14H11BrCl2FN. The summed E-state index contributed by atoms with van der Waals surface area (Å²) in [5.41, 5.74) is 7.73. The second-order valence-electron chi connectivity index (χ2n) is 4.22. The van der Waals surface area contributed by atoms with E-state index in [4.69, 9.17) is 28.9 Å². The van der Waals surface area contributed by atoms with Crippen LogP contribution in [0.2, 0.25) is 10.0 Å². The monoisotopic (exact) mass is 361 g/mol. The number of hydrogen-bond donors (Lipinski definition) is 1. The predicted octanol–water partition coefficient (Wildman–Crippen LogP) is 5.14. The van der Waals surface area contributed by atoms with Crippen molar-refractivity contribution in [3.8, 4) is 0 Å². The zero-order valence-corrected chi connectivity index (χ0v) is 12.9. The second-order valence-corrected chi connectivity index (χ2v) is 5.95. The van der Waals surface area contributed by atoms with E-state index in [2.05, 4.69) is 15.9 Å². The van der Waals surface area contributed by atoms with E-state index in [1.54, 1.807) is 12.1 Å². The Hall–Kier alpha value is -0.610. The van der Waals surface area contributed by atoms with Gasteiger partial charge in [-0.1, -0.05) is 45.2 Å². The highest BCUT2D eigenvalue weighted by molar-refractivity contribution is 9.10. The topological polar surface area (TPSA) is 26.0 Å². The summed E-state index contributed by atoms with van der Waals surface area (Å²) < 4.78 is 14.3. The van der Waals surface area contributed by atoms with Crippen molar-refractivity contribution in [2.45, 2.75) is 12.5 Å². The molecule has 0 fully saturated rings. The smallest absolute Gasteiger partial charge is 0.142 e. The third-order valence-corrected chi connectivity index (χ3v) is 3.94. The van der Waals surface area contributed by atoms with E-state index >= 15 is 0 Å². The molecule has 2 rings (SSSR count). The summed E-state index contributed by atoms with van der Waals surface area (Å²) in [6, 6.07) is 9.89. The Balaban J connectivity index is 2.22. The van der Waals surface area contributed by atoms with E-state index in [0.29, 0.717) is 11.4 Å². The van der Waals surface area contributed by atoms with Crippen LogP contribution in [0, 0.1) is 5.82 Å². The number of halogens is 4. The van der Waals surface area contributed by atoms with Gasteiger partial charge in [0.25, 0.3) is 0 Å². The largest absolute Gasteiger partial charge is 0.324 e. The van der Waals surface area contributed by atoms with Crippen molar-refractivity contribution < 1.29 is 4.39 Å². The van der Waals surface area contributed by atoms with E-state index in [9.17, 15) is 4.39 Å². The molecule has 2 N–H and O–H groups in total. The first kappa shape index (κ1) is 14.8. The third-order valence-electron chi connectivity index (χ3n) is 2.80. The lowest BCUT2D eigenvalue weighted by molar-refractivity contribution is 0.622. The molecule has 0 heterocycles. The van der Waals surface area contributed by atoms with Crippen LogP contribution in [0.3, 0.4) is 0 Å². The van der Waals surface area contributed by atoms with Crippen LogP contribution in [-0.2, 0) is 6.42 Å². The molecule has 0 saturated carbocycles. The summed E-state index contributed by atoms with van der Waals surface area (Å²) in [5.74, 6) is -0.438. The van der Waals surface area contributed by atoms with Gasteiger partial charge in [0.1, 0.15) is 5.82 Å². The Morgan fingerprint density at radius 1 is 1.11 bits per heavy atom. The molecule has 0 spiro atoms. The van der Waals surface area contributed by atoms with Crippen molar-refractivity contribution in [1.82, 2.24) is 0 Å². The molecule has 5 heteroatoms. The number of nitrogens with two attached hydrogens (primary N) is 1.